The van der Waals surface area contributed by atoms with E-state index in [9.17, 15) is 4.79 Å². The maximum atomic E-state index is 12.1. The van der Waals surface area contributed by atoms with Gasteiger partial charge in [0.25, 0.3) is 5.91 Å². The lowest BCUT2D eigenvalue weighted by atomic mass is 10.2. The highest BCUT2D eigenvalue weighted by molar-refractivity contribution is 5.95. The largest absolute Gasteiger partial charge is 0.493 e. The SMILES string of the molecule is COc1cc(C(=O)N/N=C/c2ccccc2)ccc1OC(C)C. The highest BCUT2D eigenvalue weighted by atomic mass is 16.5. The van der Waals surface area contributed by atoms with Crippen LogP contribution in [0.1, 0.15) is 29.8 Å². The Morgan fingerprint density at radius 2 is 1.87 bits per heavy atom. The zero-order valence-electron chi connectivity index (χ0n) is 13.4. The third-order valence-electron chi connectivity index (χ3n) is 2.97. The zero-order valence-corrected chi connectivity index (χ0v) is 13.4. The van der Waals surface area contributed by atoms with Crippen molar-refractivity contribution in [3.8, 4) is 11.5 Å². The molecule has 1 amide bonds. The first-order chi connectivity index (χ1) is 11.1. The molecule has 0 radical (unpaired) electrons. The number of hydrogen-bond donors (Lipinski definition) is 1. The van der Waals surface area contributed by atoms with Crippen molar-refractivity contribution in [1.29, 1.82) is 0 Å². The van der Waals surface area contributed by atoms with Crippen LogP contribution < -0.4 is 14.9 Å². The second kappa shape index (κ2) is 7.98. The van der Waals surface area contributed by atoms with Crippen LogP contribution >= 0.6 is 0 Å². The number of methoxy groups -OCH3 is 1. The van der Waals surface area contributed by atoms with Crippen molar-refractivity contribution < 1.29 is 14.3 Å². The first-order valence-electron chi connectivity index (χ1n) is 7.33. The van der Waals surface area contributed by atoms with Crippen molar-refractivity contribution in [2.24, 2.45) is 5.10 Å². The van der Waals surface area contributed by atoms with Gasteiger partial charge in [-0.25, -0.2) is 5.43 Å². The molecule has 2 aromatic rings. The molecule has 5 nitrogen and oxygen atoms in total. The van der Waals surface area contributed by atoms with Gasteiger partial charge in [-0.05, 0) is 37.6 Å². The van der Waals surface area contributed by atoms with E-state index in [1.807, 2.05) is 44.2 Å². The lowest BCUT2D eigenvalue weighted by Crippen LogP contribution is -2.18. The minimum atomic E-state index is -0.313. The van der Waals surface area contributed by atoms with Gasteiger partial charge in [-0.2, -0.15) is 5.10 Å². The summed E-state index contributed by atoms with van der Waals surface area (Å²) in [5.41, 5.74) is 3.85. The summed E-state index contributed by atoms with van der Waals surface area (Å²) in [6.45, 7) is 3.86. The van der Waals surface area contributed by atoms with E-state index in [-0.39, 0.29) is 12.0 Å². The van der Waals surface area contributed by atoms with E-state index in [1.54, 1.807) is 24.4 Å². The van der Waals surface area contributed by atoms with Crippen molar-refractivity contribution in [2.45, 2.75) is 20.0 Å². The quantitative estimate of drug-likeness (QED) is 0.658. The number of benzene rings is 2. The molecule has 2 rings (SSSR count). The van der Waals surface area contributed by atoms with Crippen LogP contribution in [-0.4, -0.2) is 25.3 Å². The summed E-state index contributed by atoms with van der Waals surface area (Å²) in [6.07, 6.45) is 1.62. The second-order valence-corrected chi connectivity index (χ2v) is 5.14. The van der Waals surface area contributed by atoms with Crippen LogP contribution in [-0.2, 0) is 0 Å². The molecule has 1 N–H and O–H groups in total. The molecule has 0 saturated carbocycles. The summed E-state index contributed by atoms with van der Waals surface area (Å²) in [5, 5.41) is 3.95. The van der Waals surface area contributed by atoms with E-state index in [0.717, 1.165) is 5.56 Å². The van der Waals surface area contributed by atoms with Crippen LogP contribution in [0.5, 0.6) is 11.5 Å². The van der Waals surface area contributed by atoms with Crippen molar-refractivity contribution in [3.63, 3.8) is 0 Å². The molecule has 120 valence electrons. The van der Waals surface area contributed by atoms with Gasteiger partial charge in [0.2, 0.25) is 0 Å². The molecular weight excluding hydrogens is 292 g/mol. The number of ether oxygens (including phenoxy) is 2. The number of hydrazone groups is 1. The highest BCUT2D eigenvalue weighted by Gasteiger charge is 2.11. The number of amides is 1. The topological polar surface area (TPSA) is 59.9 Å². The van der Waals surface area contributed by atoms with Crippen molar-refractivity contribution in [1.82, 2.24) is 5.43 Å². The van der Waals surface area contributed by atoms with Crippen molar-refractivity contribution in [3.05, 3.63) is 59.7 Å². The molecule has 0 fully saturated rings. The minimum Gasteiger partial charge on any atom is -0.493 e. The maximum Gasteiger partial charge on any atom is 0.271 e. The number of hydrogen-bond acceptors (Lipinski definition) is 4. The summed E-state index contributed by atoms with van der Waals surface area (Å²) in [7, 11) is 1.54. The van der Waals surface area contributed by atoms with E-state index in [2.05, 4.69) is 10.5 Å². The third kappa shape index (κ3) is 4.85. The van der Waals surface area contributed by atoms with Gasteiger partial charge in [0.1, 0.15) is 0 Å². The lowest BCUT2D eigenvalue weighted by Gasteiger charge is -2.14. The molecule has 0 saturated heterocycles. The van der Waals surface area contributed by atoms with Gasteiger partial charge < -0.3 is 9.47 Å². The van der Waals surface area contributed by atoms with Gasteiger partial charge >= 0.3 is 0 Å². The predicted molar refractivity (Wildman–Crippen MR) is 90.3 cm³/mol. The molecule has 0 bridgehead atoms. The summed E-state index contributed by atoms with van der Waals surface area (Å²) < 4.78 is 10.9. The fourth-order valence-electron chi connectivity index (χ4n) is 1.93. The van der Waals surface area contributed by atoms with Gasteiger partial charge in [0.05, 0.1) is 19.4 Å². The summed E-state index contributed by atoms with van der Waals surface area (Å²) in [5.74, 6) is 0.803. The fraction of sp³-hybridized carbons (Fsp3) is 0.222. The molecule has 0 heterocycles. The molecule has 0 atom stereocenters. The molecule has 0 aliphatic rings. The Kier molecular flexibility index (Phi) is 5.74. The first kappa shape index (κ1) is 16.5. The van der Waals surface area contributed by atoms with Gasteiger partial charge in [-0.1, -0.05) is 30.3 Å². The Hall–Kier alpha value is -2.82. The molecule has 0 aromatic heterocycles. The summed E-state index contributed by atoms with van der Waals surface area (Å²) >= 11 is 0. The molecular formula is C18H20N2O3. The van der Waals surface area contributed by atoms with Crippen LogP contribution in [0.3, 0.4) is 0 Å². The Morgan fingerprint density at radius 1 is 1.13 bits per heavy atom. The standard InChI is InChI=1S/C18H20N2O3/c1-13(2)23-16-10-9-15(11-17(16)22-3)18(21)20-19-12-14-7-5-4-6-8-14/h4-13H,1-3H3,(H,20,21)/b19-12+. The van der Waals surface area contributed by atoms with Crippen LogP contribution in [0.25, 0.3) is 0 Å². The van der Waals surface area contributed by atoms with E-state index < -0.39 is 0 Å². The van der Waals surface area contributed by atoms with Crippen LogP contribution in [0.15, 0.2) is 53.6 Å². The Balaban J connectivity index is 2.06. The van der Waals surface area contributed by atoms with Crippen LogP contribution in [0.4, 0.5) is 0 Å². The average Bonchev–Trinajstić information content (AvgIpc) is 2.55. The molecule has 0 unspecified atom stereocenters. The fourth-order valence-corrected chi connectivity index (χ4v) is 1.93. The zero-order chi connectivity index (χ0) is 16.7. The monoisotopic (exact) mass is 312 g/mol. The number of nitrogens with zero attached hydrogens (tertiary/aromatic N) is 1. The Bertz CT molecular complexity index is 682. The van der Waals surface area contributed by atoms with E-state index >= 15 is 0 Å². The molecule has 0 aliphatic carbocycles. The summed E-state index contributed by atoms with van der Waals surface area (Å²) in [4.78, 5) is 12.1. The van der Waals surface area contributed by atoms with Crippen LogP contribution in [0.2, 0.25) is 0 Å². The van der Waals surface area contributed by atoms with Gasteiger partial charge in [-0.15, -0.1) is 0 Å². The lowest BCUT2D eigenvalue weighted by molar-refractivity contribution is 0.0954. The van der Waals surface area contributed by atoms with E-state index in [1.165, 1.54) is 7.11 Å². The van der Waals surface area contributed by atoms with Crippen molar-refractivity contribution >= 4 is 12.1 Å². The first-order valence-corrected chi connectivity index (χ1v) is 7.33. The maximum absolute atomic E-state index is 12.1. The van der Waals surface area contributed by atoms with Gasteiger partial charge in [0.15, 0.2) is 11.5 Å². The minimum absolute atomic E-state index is 0.0269. The molecule has 5 heteroatoms. The number of nitrogens with one attached hydrogen (secondary N) is 1. The molecule has 0 spiro atoms. The number of rotatable bonds is 6. The Labute approximate surface area is 135 Å². The van der Waals surface area contributed by atoms with E-state index in [0.29, 0.717) is 17.1 Å². The normalized spacial score (nSPS) is 10.8. The summed E-state index contributed by atoms with van der Waals surface area (Å²) in [6, 6.07) is 14.5. The Morgan fingerprint density at radius 3 is 2.52 bits per heavy atom. The highest BCUT2D eigenvalue weighted by Crippen LogP contribution is 2.28. The smallest absolute Gasteiger partial charge is 0.271 e. The molecule has 0 aliphatic heterocycles. The third-order valence-corrected chi connectivity index (χ3v) is 2.97. The number of carbonyl (C=O) groups excluding carboxylic acids is 1. The molecule has 2 aromatic carbocycles. The second-order valence-electron chi connectivity index (χ2n) is 5.14. The van der Waals surface area contributed by atoms with E-state index in [4.69, 9.17) is 9.47 Å². The number of carbonyl (C=O) groups is 1. The van der Waals surface area contributed by atoms with Crippen LogP contribution in [0, 0.1) is 0 Å². The van der Waals surface area contributed by atoms with Crippen molar-refractivity contribution in [2.75, 3.05) is 7.11 Å². The van der Waals surface area contributed by atoms with Gasteiger partial charge in [-0.3, -0.25) is 4.79 Å². The van der Waals surface area contributed by atoms with Gasteiger partial charge in [0, 0.05) is 5.56 Å². The average molecular weight is 312 g/mol. The predicted octanol–water partition coefficient (Wildman–Crippen LogP) is 3.25. The molecule has 23 heavy (non-hydrogen) atoms.